The van der Waals surface area contributed by atoms with E-state index >= 15 is 0 Å². The summed E-state index contributed by atoms with van der Waals surface area (Å²) in [5.41, 5.74) is 1.22. The molecule has 158 valence electrons. The molecule has 0 atom stereocenters. The molecule has 0 unspecified atom stereocenters. The van der Waals surface area contributed by atoms with E-state index in [0.29, 0.717) is 42.4 Å². The summed E-state index contributed by atoms with van der Waals surface area (Å²) >= 11 is 13.4. The van der Waals surface area contributed by atoms with Gasteiger partial charge < -0.3 is 4.42 Å². The van der Waals surface area contributed by atoms with Crippen LogP contribution in [0, 0.1) is 5.82 Å². The molecule has 5 nitrogen and oxygen atoms in total. The average molecular weight is 484 g/mol. The predicted octanol–water partition coefficient (Wildman–Crippen LogP) is 5.58. The number of hydrogen-bond acceptors (Lipinski definition) is 5. The lowest BCUT2D eigenvalue weighted by Gasteiger charge is -2.00. The van der Waals surface area contributed by atoms with Crippen LogP contribution in [0.25, 0.3) is 34.5 Å². The Bertz CT molecular complexity index is 1590. The van der Waals surface area contributed by atoms with Crippen molar-refractivity contribution >= 4 is 57.7 Å². The summed E-state index contributed by atoms with van der Waals surface area (Å²) in [6.07, 6.45) is 5.07. The fourth-order valence-electron chi connectivity index (χ4n) is 3.06. The quantitative estimate of drug-likeness (QED) is 0.335. The van der Waals surface area contributed by atoms with E-state index in [0.717, 1.165) is 5.56 Å². The number of rotatable bonds is 4. The van der Waals surface area contributed by atoms with Crippen molar-refractivity contribution in [3.8, 4) is 11.3 Å². The van der Waals surface area contributed by atoms with Crippen LogP contribution in [0.15, 0.2) is 63.8 Å². The molecular weight excluding hydrogens is 472 g/mol. The highest BCUT2D eigenvalue weighted by Gasteiger charge is 2.11. The van der Waals surface area contributed by atoms with Gasteiger partial charge in [0.2, 0.25) is 4.96 Å². The number of benzene rings is 2. The number of halogens is 3. The first-order chi connectivity index (χ1) is 15.5. The molecule has 5 aromatic rings. The van der Waals surface area contributed by atoms with Crippen LogP contribution in [0.1, 0.15) is 17.1 Å². The van der Waals surface area contributed by atoms with E-state index in [9.17, 15) is 9.18 Å². The van der Waals surface area contributed by atoms with E-state index in [2.05, 4.69) is 10.1 Å². The molecule has 0 fully saturated rings. The van der Waals surface area contributed by atoms with Gasteiger partial charge in [-0.1, -0.05) is 52.7 Å². The first kappa shape index (κ1) is 20.6. The lowest BCUT2D eigenvalue weighted by molar-refractivity contribution is 0.571. The molecule has 32 heavy (non-hydrogen) atoms. The van der Waals surface area contributed by atoms with Crippen molar-refractivity contribution in [3.05, 3.63) is 102 Å². The van der Waals surface area contributed by atoms with Gasteiger partial charge in [-0.05, 0) is 54.1 Å². The first-order valence-electron chi connectivity index (χ1n) is 9.36. The lowest BCUT2D eigenvalue weighted by Crippen LogP contribution is -2.23. The summed E-state index contributed by atoms with van der Waals surface area (Å²) < 4.78 is 20.5. The van der Waals surface area contributed by atoms with Crippen LogP contribution in [-0.4, -0.2) is 14.6 Å². The summed E-state index contributed by atoms with van der Waals surface area (Å²) in [5, 5.41) is 5.25. The molecule has 0 saturated carbocycles. The zero-order valence-corrected chi connectivity index (χ0v) is 18.5. The minimum absolute atomic E-state index is 0.290. The van der Waals surface area contributed by atoms with Gasteiger partial charge in [0.1, 0.15) is 21.9 Å². The Morgan fingerprint density at radius 2 is 1.84 bits per heavy atom. The summed E-state index contributed by atoms with van der Waals surface area (Å²) in [6, 6.07) is 14.7. The van der Waals surface area contributed by atoms with Gasteiger partial charge in [0.15, 0.2) is 5.82 Å². The van der Waals surface area contributed by atoms with Gasteiger partial charge in [-0.2, -0.15) is 9.50 Å². The van der Waals surface area contributed by atoms with E-state index in [1.54, 1.807) is 60.7 Å². The second-order valence-electron chi connectivity index (χ2n) is 6.79. The van der Waals surface area contributed by atoms with Gasteiger partial charge in [0, 0.05) is 16.7 Å². The van der Waals surface area contributed by atoms with Crippen LogP contribution in [0.5, 0.6) is 0 Å². The zero-order valence-electron chi connectivity index (χ0n) is 16.1. The third kappa shape index (κ3) is 4.10. The Morgan fingerprint density at radius 1 is 1.03 bits per heavy atom. The minimum Gasteiger partial charge on any atom is -0.457 e. The van der Waals surface area contributed by atoms with Crippen molar-refractivity contribution in [1.82, 2.24) is 14.6 Å². The van der Waals surface area contributed by atoms with Crippen LogP contribution >= 0.6 is 34.5 Å². The molecule has 5 rings (SSSR count). The van der Waals surface area contributed by atoms with Crippen molar-refractivity contribution in [2.45, 2.75) is 0 Å². The van der Waals surface area contributed by atoms with E-state index in [1.807, 2.05) is 0 Å². The van der Waals surface area contributed by atoms with Gasteiger partial charge in [-0.15, -0.1) is 5.10 Å². The maximum Gasteiger partial charge on any atom is 0.291 e. The Kier molecular flexibility index (Phi) is 5.38. The van der Waals surface area contributed by atoms with E-state index in [4.69, 9.17) is 27.6 Å². The molecule has 9 heteroatoms. The second kappa shape index (κ2) is 8.35. The van der Waals surface area contributed by atoms with Gasteiger partial charge in [-0.25, -0.2) is 4.39 Å². The molecule has 0 N–H and O–H groups in total. The van der Waals surface area contributed by atoms with E-state index in [1.165, 1.54) is 28.0 Å². The van der Waals surface area contributed by atoms with Crippen molar-refractivity contribution in [3.63, 3.8) is 0 Å². The third-order valence-corrected chi connectivity index (χ3v) is 6.10. The van der Waals surface area contributed by atoms with Crippen molar-refractivity contribution < 1.29 is 8.81 Å². The average Bonchev–Trinajstić information content (AvgIpc) is 3.45. The summed E-state index contributed by atoms with van der Waals surface area (Å²) in [4.78, 5) is 17.6. The van der Waals surface area contributed by atoms with Gasteiger partial charge in [0.25, 0.3) is 5.56 Å². The number of hydrogen-bond donors (Lipinski definition) is 0. The number of thiazole rings is 1. The highest BCUT2D eigenvalue weighted by molar-refractivity contribution is 7.15. The standard InChI is InChI=1S/C23H12Cl2FN3O2S/c24-14-4-8-17(18(25)11-14)19-9-7-16(31-19)12-20-22(30)29-23(32-20)27-21(28-29)10-3-13-1-5-15(26)6-2-13/h1-12H/b10-3+,20-12-. The highest BCUT2D eigenvalue weighted by atomic mass is 35.5. The normalized spacial score (nSPS) is 12.4. The van der Waals surface area contributed by atoms with Crippen molar-refractivity contribution in [1.29, 1.82) is 0 Å². The Hall–Kier alpha value is -3.26. The first-order valence-corrected chi connectivity index (χ1v) is 10.9. The molecule has 2 aromatic carbocycles. The van der Waals surface area contributed by atoms with Crippen LogP contribution in [0.2, 0.25) is 10.0 Å². The number of furan rings is 1. The van der Waals surface area contributed by atoms with Gasteiger partial charge >= 0.3 is 0 Å². The molecule has 0 aliphatic carbocycles. The number of aromatic nitrogens is 3. The van der Waals surface area contributed by atoms with Crippen LogP contribution in [0.3, 0.4) is 0 Å². The fourth-order valence-corrected chi connectivity index (χ4v) is 4.45. The fraction of sp³-hybridized carbons (Fsp3) is 0. The molecule has 0 aliphatic rings. The smallest absolute Gasteiger partial charge is 0.291 e. The Labute approximate surface area is 194 Å². The predicted molar refractivity (Wildman–Crippen MR) is 125 cm³/mol. The second-order valence-corrected chi connectivity index (χ2v) is 8.64. The maximum atomic E-state index is 13.0. The van der Waals surface area contributed by atoms with E-state index in [-0.39, 0.29) is 11.4 Å². The summed E-state index contributed by atoms with van der Waals surface area (Å²) in [6.45, 7) is 0. The SMILES string of the molecule is O=c1/c(=C/c2ccc(-c3ccc(Cl)cc3Cl)o2)sc2nc(/C=C/c3ccc(F)cc3)nn12. The third-order valence-electron chi connectivity index (χ3n) is 4.59. The Morgan fingerprint density at radius 3 is 2.59 bits per heavy atom. The van der Waals surface area contributed by atoms with E-state index < -0.39 is 0 Å². The molecule has 0 bridgehead atoms. The largest absolute Gasteiger partial charge is 0.457 e. The van der Waals surface area contributed by atoms with Crippen molar-refractivity contribution in [2.75, 3.05) is 0 Å². The van der Waals surface area contributed by atoms with Crippen LogP contribution in [0.4, 0.5) is 4.39 Å². The molecule has 3 aromatic heterocycles. The summed E-state index contributed by atoms with van der Waals surface area (Å²) in [7, 11) is 0. The molecule has 0 radical (unpaired) electrons. The maximum absolute atomic E-state index is 13.0. The topological polar surface area (TPSA) is 60.4 Å². The van der Waals surface area contributed by atoms with Gasteiger partial charge in [-0.3, -0.25) is 4.79 Å². The lowest BCUT2D eigenvalue weighted by atomic mass is 10.2. The summed E-state index contributed by atoms with van der Waals surface area (Å²) in [5.74, 6) is 1.16. The molecule has 0 saturated heterocycles. The zero-order chi connectivity index (χ0) is 22.2. The monoisotopic (exact) mass is 483 g/mol. The van der Waals surface area contributed by atoms with Gasteiger partial charge in [0.05, 0.1) is 5.02 Å². The molecule has 0 aliphatic heterocycles. The Balaban J connectivity index is 1.43. The molecular formula is C23H12Cl2FN3O2S. The number of nitrogens with zero attached hydrogens (tertiary/aromatic N) is 3. The molecule has 3 heterocycles. The highest BCUT2D eigenvalue weighted by Crippen LogP contribution is 2.31. The molecule has 0 amide bonds. The van der Waals surface area contributed by atoms with Crippen molar-refractivity contribution in [2.24, 2.45) is 0 Å². The molecule has 0 spiro atoms. The van der Waals surface area contributed by atoms with Crippen LogP contribution in [-0.2, 0) is 0 Å². The van der Waals surface area contributed by atoms with Crippen LogP contribution < -0.4 is 10.1 Å². The number of fused-ring (bicyclic) bond motifs is 1. The minimum atomic E-state index is -0.303.